The molecule has 38 heavy (non-hydrogen) atoms. The van der Waals surface area contributed by atoms with Crippen molar-refractivity contribution in [3.8, 4) is 11.5 Å². The predicted octanol–water partition coefficient (Wildman–Crippen LogP) is 3.37. The van der Waals surface area contributed by atoms with Crippen LogP contribution in [-0.2, 0) is 4.74 Å². The SMILES string of the molecule is Cc1cc(-c2nc(C(=O)Nc3cc4sc(N5CCOCC5)nc4nc3N3C=C4CC3CC4O)co2)ccn1. The molecule has 0 spiro atoms. The molecule has 194 valence electrons. The van der Waals surface area contributed by atoms with Gasteiger partial charge in [-0.05, 0) is 43.5 Å². The molecule has 4 aromatic rings. The third-order valence-electron chi connectivity index (χ3n) is 7.10. The van der Waals surface area contributed by atoms with Crippen LogP contribution in [-0.4, -0.2) is 69.4 Å². The Hall–Kier alpha value is -3.87. The van der Waals surface area contributed by atoms with E-state index in [2.05, 4.69) is 20.2 Å². The number of oxazole rings is 1. The van der Waals surface area contributed by atoms with E-state index in [0.717, 1.165) is 46.2 Å². The van der Waals surface area contributed by atoms with E-state index in [1.165, 1.54) is 6.26 Å². The number of hydrogen-bond donors (Lipinski definition) is 2. The molecule has 1 saturated heterocycles. The van der Waals surface area contributed by atoms with Crippen molar-refractivity contribution >= 4 is 44.2 Å². The molecule has 11 nitrogen and oxygen atoms in total. The fourth-order valence-electron chi connectivity index (χ4n) is 5.17. The van der Waals surface area contributed by atoms with Gasteiger partial charge >= 0.3 is 0 Å². The zero-order valence-electron chi connectivity index (χ0n) is 20.6. The third kappa shape index (κ3) is 4.10. The highest BCUT2D eigenvalue weighted by molar-refractivity contribution is 7.22. The Kier molecular flexibility index (Phi) is 5.60. The predicted molar refractivity (Wildman–Crippen MR) is 142 cm³/mol. The van der Waals surface area contributed by atoms with Crippen molar-refractivity contribution in [1.29, 1.82) is 0 Å². The van der Waals surface area contributed by atoms with Crippen LogP contribution < -0.4 is 15.1 Å². The maximum Gasteiger partial charge on any atom is 0.277 e. The van der Waals surface area contributed by atoms with E-state index < -0.39 is 12.0 Å². The van der Waals surface area contributed by atoms with Gasteiger partial charge in [-0.15, -0.1) is 0 Å². The molecule has 7 rings (SSSR count). The van der Waals surface area contributed by atoms with E-state index in [0.29, 0.717) is 42.7 Å². The molecule has 6 heterocycles. The number of carbonyl (C=O) groups is 1. The van der Waals surface area contributed by atoms with Crippen LogP contribution in [0, 0.1) is 6.92 Å². The number of anilines is 3. The fraction of sp³-hybridized carbons (Fsp3) is 0.346. The maximum atomic E-state index is 13.3. The fourth-order valence-corrected chi connectivity index (χ4v) is 6.17. The monoisotopic (exact) mass is 531 g/mol. The van der Waals surface area contributed by atoms with Crippen LogP contribution in [0.1, 0.15) is 29.0 Å². The van der Waals surface area contributed by atoms with E-state index in [-0.39, 0.29) is 11.7 Å². The summed E-state index contributed by atoms with van der Waals surface area (Å²) in [5, 5.41) is 14.1. The lowest BCUT2D eigenvalue weighted by Gasteiger charge is -2.27. The number of aliphatic hydroxyl groups is 1. The Bertz CT molecular complexity index is 1570. The number of thiazole rings is 1. The minimum atomic E-state index is -0.421. The summed E-state index contributed by atoms with van der Waals surface area (Å²) in [5.41, 5.74) is 3.91. The first-order chi connectivity index (χ1) is 18.5. The standard InChI is InChI=1S/C26H25N7O4S/c1-14-8-15(2-3-27-14)25-29-19(13-37-25)24(35)28-18-11-21-22(31-26(38-21)32-4-6-36-7-5-32)30-23(18)33-12-16-9-17(33)10-20(16)34/h2-3,8,11-13,17,20,34H,4-7,9-10H2,1H3,(H,28,35). The minimum absolute atomic E-state index is 0.0894. The molecular formula is C26H25N7O4S. The van der Waals surface area contributed by atoms with Crippen molar-refractivity contribution in [3.05, 3.63) is 53.8 Å². The van der Waals surface area contributed by atoms with Gasteiger partial charge in [-0.25, -0.2) is 9.97 Å². The van der Waals surface area contributed by atoms with Crippen LogP contribution >= 0.6 is 11.3 Å². The van der Waals surface area contributed by atoms with Crippen molar-refractivity contribution < 1.29 is 19.1 Å². The van der Waals surface area contributed by atoms with Gasteiger partial charge in [-0.2, -0.15) is 4.98 Å². The number of rotatable bonds is 5. The van der Waals surface area contributed by atoms with E-state index in [1.54, 1.807) is 23.6 Å². The molecule has 1 amide bonds. The van der Waals surface area contributed by atoms with Gasteiger partial charge in [0.1, 0.15) is 6.26 Å². The summed E-state index contributed by atoms with van der Waals surface area (Å²) in [6.45, 7) is 4.77. The first-order valence-corrected chi connectivity index (χ1v) is 13.3. The van der Waals surface area contributed by atoms with Crippen LogP contribution in [0.2, 0.25) is 0 Å². The summed E-state index contributed by atoms with van der Waals surface area (Å²) < 4.78 is 12.0. The van der Waals surface area contributed by atoms with Crippen molar-refractivity contribution in [1.82, 2.24) is 19.9 Å². The summed E-state index contributed by atoms with van der Waals surface area (Å²) in [7, 11) is 0. The topological polar surface area (TPSA) is 130 Å². The molecular weight excluding hydrogens is 506 g/mol. The largest absolute Gasteiger partial charge is 0.444 e. The van der Waals surface area contributed by atoms with Gasteiger partial charge in [-0.3, -0.25) is 9.78 Å². The van der Waals surface area contributed by atoms with E-state index >= 15 is 0 Å². The third-order valence-corrected chi connectivity index (χ3v) is 8.15. The number of hydrogen-bond acceptors (Lipinski definition) is 11. The summed E-state index contributed by atoms with van der Waals surface area (Å²) in [5.74, 6) is 0.552. The Morgan fingerprint density at radius 2 is 2.08 bits per heavy atom. The molecule has 4 aromatic heterocycles. The molecule has 2 N–H and O–H groups in total. The molecule has 2 aliphatic heterocycles. The van der Waals surface area contributed by atoms with Crippen molar-refractivity contribution in [3.63, 3.8) is 0 Å². The first-order valence-electron chi connectivity index (χ1n) is 12.5. The zero-order chi connectivity index (χ0) is 25.8. The number of carbonyl (C=O) groups excluding carboxylic acids is 1. The number of aromatic nitrogens is 4. The number of amides is 1. The Labute approximate surface area is 221 Å². The maximum absolute atomic E-state index is 13.3. The molecule has 1 saturated carbocycles. The number of fused-ring (bicyclic) bond motifs is 3. The second kappa shape index (κ2) is 9.15. The number of nitrogens with one attached hydrogen (secondary N) is 1. The van der Waals surface area contributed by atoms with Crippen molar-refractivity contribution in [2.45, 2.75) is 31.9 Å². The lowest BCUT2D eigenvalue weighted by Crippen LogP contribution is -2.36. The van der Waals surface area contributed by atoms with Crippen LogP contribution in [0.4, 0.5) is 16.6 Å². The molecule has 0 radical (unpaired) electrons. The van der Waals surface area contributed by atoms with Gasteiger partial charge in [-0.1, -0.05) is 11.3 Å². The van der Waals surface area contributed by atoms with Crippen molar-refractivity contribution in [2.24, 2.45) is 0 Å². The van der Waals surface area contributed by atoms with Crippen LogP contribution in [0.5, 0.6) is 0 Å². The van der Waals surface area contributed by atoms with Gasteiger partial charge in [0.2, 0.25) is 5.89 Å². The molecule has 2 unspecified atom stereocenters. The Morgan fingerprint density at radius 1 is 1.21 bits per heavy atom. The number of pyridine rings is 2. The Balaban J connectivity index is 1.23. The summed E-state index contributed by atoms with van der Waals surface area (Å²) in [4.78, 5) is 35.9. The van der Waals surface area contributed by atoms with E-state index in [4.69, 9.17) is 19.1 Å². The van der Waals surface area contributed by atoms with Gasteiger partial charge in [0, 0.05) is 42.8 Å². The normalized spacial score (nSPS) is 20.8. The number of ether oxygens (including phenoxy) is 1. The van der Waals surface area contributed by atoms with Gasteiger partial charge in [0.05, 0.1) is 29.7 Å². The molecule has 2 bridgehead atoms. The lowest BCUT2D eigenvalue weighted by molar-refractivity contribution is 0.102. The molecule has 2 atom stereocenters. The molecule has 12 heteroatoms. The van der Waals surface area contributed by atoms with Gasteiger partial charge in [0.25, 0.3) is 5.91 Å². The van der Waals surface area contributed by atoms with Crippen molar-refractivity contribution in [2.75, 3.05) is 41.4 Å². The van der Waals surface area contributed by atoms with Gasteiger partial charge in [0.15, 0.2) is 22.3 Å². The average Bonchev–Trinajstić information content (AvgIpc) is 3.71. The first kappa shape index (κ1) is 23.3. The number of nitrogens with zero attached hydrogens (tertiary/aromatic N) is 6. The average molecular weight is 532 g/mol. The summed E-state index contributed by atoms with van der Waals surface area (Å²) in [6.07, 6.45) is 5.96. The number of aliphatic hydroxyl groups excluding tert-OH is 1. The highest BCUT2D eigenvalue weighted by Crippen LogP contribution is 2.43. The summed E-state index contributed by atoms with van der Waals surface area (Å²) in [6, 6.07) is 5.65. The number of aryl methyl sites for hydroxylation is 1. The highest BCUT2D eigenvalue weighted by atomic mass is 32.1. The van der Waals surface area contributed by atoms with Gasteiger partial charge < -0.3 is 29.4 Å². The second-order valence-electron chi connectivity index (χ2n) is 9.68. The molecule has 3 aliphatic rings. The van der Waals surface area contributed by atoms with E-state index in [9.17, 15) is 9.90 Å². The molecule has 2 fully saturated rings. The highest BCUT2D eigenvalue weighted by Gasteiger charge is 2.39. The van der Waals surface area contributed by atoms with Crippen LogP contribution in [0.25, 0.3) is 21.8 Å². The summed E-state index contributed by atoms with van der Waals surface area (Å²) >= 11 is 1.54. The van der Waals surface area contributed by atoms with E-state index in [1.807, 2.05) is 30.2 Å². The lowest BCUT2D eigenvalue weighted by atomic mass is 10.2. The zero-order valence-corrected chi connectivity index (χ0v) is 21.4. The molecule has 0 aromatic carbocycles. The van der Waals surface area contributed by atoms with Crippen LogP contribution in [0.3, 0.4) is 0 Å². The minimum Gasteiger partial charge on any atom is -0.444 e. The molecule has 1 aliphatic carbocycles. The quantitative estimate of drug-likeness (QED) is 0.395. The second-order valence-corrected chi connectivity index (χ2v) is 10.7. The smallest absolute Gasteiger partial charge is 0.277 e. The van der Waals surface area contributed by atoms with Crippen LogP contribution in [0.15, 0.2) is 46.8 Å². The Morgan fingerprint density at radius 3 is 2.84 bits per heavy atom. The number of morpholine rings is 1.